The predicted octanol–water partition coefficient (Wildman–Crippen LogP) is -0.560. The molecule has 0 aliphatic carbocycles. The zero-order valence-electron chi connectivity index (χ0n) is 7.19. The van der Waals surface area contributed by atoms with Crippen LogP contribution in [-0.2, 0) is 14.1 Å². The van der Waals surface area contributed by atoms with Crippen molar-refractivity contribution in [2.45, 2.75) is 0 Å². The molecular formula is C6H12NO5P. The normalized spacial score (nSPS) is 11.0. The molecular weight excluding hydrogens is 197 g/mol. The van der Waals surface area contributed by atoms with Crippen LogP contribution in [0, 0.1) is 0 Å². The molecule has 1 amide bonds. The van der Waals surface area contributed by atoms with Crippen molar-refractivity contribution in [3.63, 3.8) is 0 Å². The van der Waals surface area contributed by atoms with Gasteiger partial charge >= 0.3 is 7.60 Å². The second-order valence-corrected chi connectivity index (χ2v) is 3.91. The topological polar surface area (TPSA) is 95.9 Å². The Morgan fingerprint density at radius 1 is 1.62 bits per heavy atom. The van der Waals surface area contributed by atoms with Crippen molar-refractivity contribution in [2.75, 3.05) is 20.0 Å². The van der Waals surface area contributed by atoms with Crippen LogP contribution in [0.4, 0.5) is 0 Å². The monoisotopic (exact) mass is 209 g/mol. The van der Waals surface area contributed by atoms with E-state index < -0.39 is 19.9 Å². The number of likely N-dealkylation sites (N-methyl/N-ethyl adjacent to an activating group) is 1. The van der Waals surface area contributed by atoms with E-state index in [-0.39, 0.29) is 12.2 Å². The van der Waals surface area contributed by atoms with Gasteiger partial charge in [-0.15, -0.1) is 0 Å². The lowest BCUT2D eigenvalue weighted by Gasteiger charge is -2.06. The Balaban J connectivity index is 3.73. The van der Waals surface area contributed by atoms with E-state index >= 15 is 0 Å². The molecule has 0 aromatic heterocycles. The zero-order valence-corrected chi connectivity index (χ0v) is 8.08. The average Bonchev–Trinajstić information content (AvgIpc) is 2.00. The van der Waals surface area contributed by atoms with Gasteiger partial charge in [0.2, 0.25) is 5.91 Å². The number of carbonyl (C=O) groups excluding carboxylic acids is 1. The van der Waals surface area contributed by atoms with E-state index in [0.717, 1.165) is 0 Å². The number of amides is 1. The first-order valence-electron chi connectivity index (χ1n) is 3.39. The van der Waals surface area contributed by atoms with Gasteiger partial charge in [-0.2, -0.15) is 0 Å². The minimum absolute atomic E-state index is 0.121. The first-order chi connectivity index (χ1) is 5.87. The molecule has 6 nitrogen and oxygen atoms in total. The largest absolute Gasteiger partial charge is 0.364 e. The summed E-state index contributed by atoms with van der Waals surface area (Å²) in [6.45, 7) is 3.17. The van der Waals surface area contributed by atoms with Gasteiger partial charge in [0.05, 0.1) is 6.61 Å². The van der Waals surface area contributed by atoms with Gasteiger partial charge in [0.15, 0.2) is 0 Å². The highest BCUT2D eigenvalue weighted by Crippen LogP contribution is 2.33. The van der Waals surface area contributed by atoms with Gasteiger partial charge in [0.1, 0.15) is 6.35 Å². The van der Waals surface area contributed by atoms with E-state index in [4.69, 9.17) is 9.79 Å². The minimum Gasteiger partial charge on any atom is -0.364 e. The molecule has 0 fully saturated rings. The molecule has 0 unspecified atom stereocenters. The number of carbonyl (C=O) groups is 1. The van der Waals surface area contributed by atoms with E-state index in [2.05, 4.69) is 16.6 Å². The van der Waals surface area contributed by atoms with Gasteiger partial charge in [-0.25, -0.2) is 0 Å². The maximum Gasteiger partial charge on any atom is 0.350 e. The number of hydrogen-bond donors (Lipinski definition) is 3. The molecule has 0 bridgehead atoms. The Morgan fingerprint density at radius 2 is 2.15 bits per heavy atom. The Hall–Kier alpha value is -0.680. The Labute approximate surface area is 75.8 Å². The molecule has 7 heteroatoms. The molecule has 0 aliphatic rings. The summed E-state index contributed by atoms with van der Waals surface area (Å²) in [5.41, 5.74) is 0.121. The van der Waals surface area contributed by atoms with Crippen LogP contribution >= 0.6 is 7.60 Å². The summed E-state index contributed by atoms with van der Waals surface area (Å²) in [6, 6.07) is 0. The van der Waals surface area contributed by atoms with E-state index in [1.165, 1.54) is 7.05 Å². The first-order valence-corrected chi connectivity index (χ1v) is 5.18. The molecule has 0 heterocycles. The van der Waals surface area contributed by atoms with E-state index in [0.29, 0.717) is 0 Å². The third-order valence-electron chi connectivity index (χ3n) is 1.08. The Kier molecular flexibility index (Phi) is 4.87. The van der Waals surface area contributed by atoms with Crippen LogP contribution in [0.2, 0.25) is 0 Å². The lowest BCUT2D eigenvalue weighted by Crippen LogP contribution is -2.22. The van der Waals surface area contributed by atoms with Crippen LogP contribution in [0.15, 0.2) is 12.2 Å². The first kappa shape index (κ1) is 12.3. The molecule has 0 aromatic carbocycles. The van der Waals surface area contributed by atoms with Crippen LogP contribution in [0.1, 0.15) is 0 Å². The average molecular weight is 209 g/mol. The van der Waals surface area contributed by atoms with Crippen LogP contribution in [-0.4, -0.2) is 35.7 Å². The summed E-state index contributed by atoms with van der Waals surface area (Å²) in [4.78, 5) is 27.5. The van der Waals surface area contributed by atoms with Gasteiger partial charge in [0.25, 0.3) is 0 Å². The molecule has 0 atom stereocenters. The quantitative estimate of drug-likeness (QED) is 0.416. The Morgan fingerprint density at radius 3 is 2.54 bits per heavy atom. The summed E-state index contributed by atoms with van der Waals surface area (Å²) in [7, 11) is -2.73. The van der Waals surface area contributed by atoms with Crippen molar-refractivity contribution < 1.29 is 23.9 Å². The molecule has 0 radical (unpaired) electrons. The fourth-order valence-corrected chi connectivity index (χ4v) is 0.859. The number of ether oxygens (including phenoxy) is 1. The van der Waals surface area contributed by atoms with Gasteiger partial charge in [-0.3, -0.25) is 9.36 Å². The van der Waals surface area contributed by atoms with Crippen molar-refractivity contribution in [3.8, 4) is 0 Å². The van der Waals surface area contributed by atoms with E-state index in [9.17, 15) is 9.36 Å². The minimum atomic E-state index is -4.16. The van der Waals surface area contributed by atoms with E-state index in [1.54, 1.807) is 0 Å². The van der Waals surface area contributed by atoms with Crippen molar-refractivity contribution in [1.29, 1.82) is 0 Å². The van der Waals surface area contributed by atoms with Crippen molar-refractivity contribution in [1.82, 2.24) is 5.32 Å². The maximum atomic E-state index is 10.8. The predicted molar refractivity (Wildman–Crippen MR) is 46.1 cm³/mol. The molecule has 0 saturated carbocycles. The highest BCUT2D eigenvalue weighted by molar-refractivity contribution is 7.51. The molecule has 0 aromatic rings. The lowest BCUT2D eigenvalue weighted by molar-refractivity contribution is -0.117. The Bertz CT molecular complexity index is 245. The van der Waals surface area contributed by atoms with Gasteiger partial charge < -0.3 is 19.8 Å². The van der Waals surface area contributed by atoms with E-state index in [1.807, 2.05) is 0 Å². The third kappa shape index (κ3) is 6.48. The summed E-state index contributed by atoms with van der Waals surface area (Å²) < 4.78 is 14.9. The van der Waals surface area contributed by atoms with Crippen LogP contribution in [0.3, 0.4) is 0 Å². The molecule has 0 aliphatic heterocycles. The number of nitrogens with one attached hydrogen (secondary N) is 1. The molecule has 0 rings (SSSR count). The van der Waals surface area contributed by atoms with Gasteiger partial charge in [-0.1, -0.05) is 6.58 Å². The van der Waals surface area contributed by atoms with Crippen LogP contribution in [0.5, 0.6) is 0 Å². The fourth-order valence-electron chi connectivity index (χ4n) is 0.530. The number of hydrogen-bond acceptors (Lipinski definition) is 3. The summed E-state index contributed by atoms with van der Waals surface area (Å²) in [5, 5.41) is 2.30. The summed E-state index contributed by atoms with van der Waals surface area (Å²) in [6.07, 6.45) is -0.705. The van der Waals surface area contributed by atoms with Crippen LogP contribution < -0.4 is 5.32 Å². The standard InChI is InChI=1S/C6H12NO5P/c1-5(6(8)7-2)3-12-4-13(9,10)11/h1,3-4H2,2H3,(H,7,8)(H2,9,10,11). The van der Waals surface area contributed by atoms with Crippen molar-refractivity contribution in [2.24, 2.45) is 0 Å². The van der Waals surface area contributed by atoms with Gasteiger partial charge in [-0.05, 0) is 0 Å². The smallest absolute Gasteiger partial charge is 0.350 e. The van der Waals surface area contributed by atoms with Crippen LogP contribution in [0.25, 0.3) is 0 Å². The molecule has 0 saturated heterocycles. The van der Waals surface area contributed by atoms with Crippen molar-refractivity contribution in [3.05, 3.63) is 12.2 Å². The van der Waals surface area contributed by atoms with Gasteiger partial charge in [0, 0.05) is 12.6 Å². The SMILES string of the molecule is C=C(COCP(=O)(O)O)C(=O)NC. The maximum absolute atomic E-state index is 10.8. The molecule has 13 heavy (non-hydrogen) atoms. The highest BCUT2D eigenvalue weighted by Gasteiger charge is 2.13. The lowest BCUT2D eigenvalue weighted by atomic mass is 10.3. The third-order valence-corrected chi connectivity index (χ3v) is 1.60. The van der Waals surface area contributed by atoms with Crippen molar-refractivity contribution >= 4 is 13.5 Å². The summed E-state index contributed by atoms with van der Waals surface area (Å²) in [5.74, 6) is -0.411. The fraction of sp³-hybridized carbons (Fsp3) is 0.500. The zero-order chi connectivity index (χ0) is 10.5. The highest BCUT2D eigenvalue weighted by atomic mass is 31.2. The summed E-state index contributed by atoms with van der Waals surface area (Å²) >= 11 is 0. The second kappa shape index (κ2) is 5.14. The molecule has 76 valence electrons. The second-order valence-electron chi connectivity index (χ2n) is 2.32. The molecule has 3 N–H and O–H groups in total. The molecule has 0 spiro atoms. The number of rotatable bonds is 5.